The smallest absolute Gasteiger partial charge is 0.406 e. The van der Waals surface area contributed by atoms with Gasteiger partial charge in [-0.05, 0) is 36.6 Å². The molecule has 1 N–H and O–H groups in total. The number of hydrogen-bond acceptors (Lipinski definition) is 2. The summed E-state index contributed by atoms with van der Waals surface area (Å²) in [7, 11) is 0. The first kappa shape index (κ1) is 11.3. The molecule has 2 nitrogen and oxygen atoms in total. The fourth-order valence-corrected chi connectivity index (χ4v) is 1.85. The molecule has 1 aromatic rings. The Balaban J connectivity index is 2.20. The van der Waals surface area contributed by atoms with Gasteiger partial charge in [0, 0.05) is 12.6 Å². The van der Waals surface area contributed by atoms with Crippen LogP contribution in [0.15, 0.2) is 18.2 Å². The first-order valence-electron chi connectivity index (χ1n) is 5.05. The summed E-state index contributed by atoms with van der Waals surface area (Å²) in [5, 5.41) is 3.19. The SMILES string of the molecule is CC1Cc2ccc(OC(F)(F)F)cc2CN1. The third-order valence-corrected chi connectivity index (χ3v) is 2.58. The average Bonchev–Trinajstić information content (AvgIpc) is 2.16. The predicted octanol–water partition coefficient (Wildman–Crippen LogP) is 2.62. The fourth-order valence-electron chi connectivity index (χ4n) is 1.85. The zero-order valence-electron chi connectivity index (χ0n) is 8.77. The first-order chi connectivity index (χ1) is 7.44. The highest BCUT2D eigenvalue weighted by atomic mass is 19.4. The monoisotopic (exact) mass is 231 g/mol. The summed E-state index contributed by atoms with van der Waals surface area (Å²) in [6.45, 7) is 2.63. The zero-order valence-corrected chi connectivity index (χ0v) is 8.77. The molecule has 0 radical (unpaired) electrons. The molecule has 1 atom stereocenters. The standard InChI is InChI=1S/C11H12F3NO/c1-7-4-8-2-3-10(16-11(12,13)14)5-9(8)6-15-7/h2-3,5,7,15H,4,6H2,1H3. The molecule has 0 aliphatic carbocycles. The van der Waals surface area contributed by atoms with Crippen LogP contribution in [0.4, 0.5) is 13.2 Å². The van der Waals surface area contributed by atoms with E-state index in [1.165, 1.54) is 12.1 Å². The van der Waals surface area contributed by atoms with Crippen LogP contribution < -0.4 is 10.1 Å². The van der Waals surface area contributed by atoms with Gasteiger partial charge in [0.25, 0.3) is 0 Å². The minimum absolute atomic E-state index is 0.150. The summed E-state index contributed by atoms with van der Waals surface area (Å²) in [6.07, 6.45) is -3.79. The van der Waals surface area contributed by atoms with Gasteiger partial charge < -0.3 is 10.1 Å². The van der Waals surface area contributed by atoms with Crippen molar-refractivity contribution >= 4 is 0 Å². The van der Waals surface area contributed by atoms with E-state index in [2.05, 4.69) is 10.1 Å². The molecule has 1 aliphatic rings. The van der Waals surface area contributed by atoms with Crippen molar-refractivity contribution in [3.63, 3.8) is 0 Å². The zero-order chi connectivity index (χ0) is 11.8. The van der Waals surface area contributed by atoms with Crippen molar-refractivity contribution in [2.24, 2.45) is 0 Å². The van der Waals surface area contributed by atoms with E-state index >= 15 is 0 Å². The first-order valence-corrected chi connectivity index (χ1v) is 5.05. The summed E-state index contributed by atoms with van der Waals surface area (Å²) in [6, 6.07) is 4.88. The molecule has 88 valence electrons. The lowest BCUT2D eigenvalue weighted by Gasteiger charge is -2.23. The predicted molar refractivity (Wildman–Crippen MR) is 53.1 cm³/mol. The van der Waals surface area contributed by atoms with E-state index in [0.717, 1.165) is 17.5 Å². The van der Waals surface area contributed by atoms with E-state index in [1.807, 2.05) is 6.92 Å². The molecule has 0 amide bonds. The summed E-state index contributed by atoms with van der Waals surface area (Å²) in [5.74, 6) is -0.150. The molecule has 0 saturated heterocycles. The molecular weight excluding hydrogens is 219 g/mol. The molecule has 0 aromatic heterocycles. The number of fused-ring (bicyclic) bond motifs is 1. The largest absolute Gasteiger partial charge is 0.573 e. The highest BCUT2D eigenvalue weighted by Crippen LogP contribution is 2.26. The van der Waals surface area contributed by atoms with E-state index in [0.29, 0.717) is 12.6 Å². The van der Waals surface area contributed by atoms with Crippen LogP contribution >= 0.6 is 0 Å². The third kappa shape index (κ3) is 2.66. The lowest BCUT2D eigenvalue weighted by Crippen LogP contribution is -2.32. The minimum Gasteiger partial charge on any atom is -0.406 e. The van der Waals surface area contributed by atoms with Crippen LogP contribution in [0.3, 0.4) is 0 Å². The van der Waals surface area contributed by atoms with Crippen molar-refractivity contribution < 1.29 is 17.9 Å². The molecule has 0 spiro atoms. The molecule has 16 heavy (non-hydrogen) atoms. The van der Waals surface area contributed by atoms with Gasteiger partial charge in [0.15, 0.2) is 0 Å². The molecule has 1 aliphatic heterocycles. The summed E-state index contributed by atoms with van der Waals surface area (Å²) in [5.41, 5.74) is 1.96. The van der Waals surface area contributed by atoms with Gasteiger partial charge >= 0.3 is 6.36 Å². The molecule has 1 heterocycles. The Morgan fingerprint density at radius 2 is 2.06 bits per heavy atom. The van der Waals surface area contributed by atoms with E-state index in [1.54, 1.807) is 6.07 Å². The Hall–Kier alpha value is -1.23. The molecule has 2 rings (SSSR count). The topological polar surface area (TPSA) is 21.3 Å². The van der Waals surface area contributed by atoms with Crippen molar-refractivity contribution in [1.29, 1.82) is 0 Å². The Morgan fingerprint density at radius 3 is 2.75 bits per heavy atom. The second-order valence-corrected chi connectivity index (χ2v) is 3.96. The van der Waals surface area contributed by atoms with Crippen molar-refractivity contribution in [1.82, 2.24) is 5.32 Å². The maximum atomic E-state index is 12.0. The molecule has 5 heteroatoms. The van der Waals surface area contributed by atoms with Gasteiger partial charge in [0.2, 0.25) is 0 Å². The second kappa shape index (κ2) is 3.97. The van der Waals surface area contributed by atoms with Crippen molar-refractivity contribution in [2.45, 2.75) is 32.3 Å². The van der Waals surface area contributed by atoms with E-state index in [4.69, 9.17) is 0 Å². The Bertz CT molecular complexity index is 389. The average molecular weight is 231 g/mol. The number of ether oxygens (including phenoxy) is 1. The number of nitrogens with one attached hydrogen (secondary N) is 1. The summed E-state index contributed by atoms with van der Waals surface area (Å²) in [4.78, 5) is 0. The molecule has 0 fully saturated rings. The quantitative estimate of drug-likeness (QED) is 0.802. The number of rotatable bonds is 1. The summed E-state index contributed by atoms with van der Waals surface area (Å²) >= 11 is 0. The van der Waals surface area contributed by atoms with Crippen LogP contribution in [-0.2, 0) is 13.0 Å². The maximum absolute atomic E-state index is 12.0. The van der Waals surface area contributed by atoms with Gasteiger partial charge in [-0.1, -0.05) is 6.07 Å². The van der Waals surface area contributed by atoms with Gasteiger partial charge in [-0.25, -0.2) is 0 Å². The number of benzene rings is 1. The van der Waals surface area contributed by atoms with Gasteiger partial charge in [-0.2, -0.15) is 0 Å². The highest BCUT2D eigenvalue weighted by molar-refractivity contribution is 5.37. The minimum atomic E-state index is -4.62. The molecular formula is C11H12F3NO. The number of halogens is 3. The molecule has 1 aromatic carbocycles. The van der Waals surface area contributed by atoms with Crippen molar-refractivity contribution in [2.75, 3.05) is 0 Å². The molecule has 1 unspecified atom stereocenters. The van der Waals surface area contributed by atoms with Crippen LogP contribution in [0.25, 0.3) is 0 Å². The summed E-state index contributed by atoms with van der Waals surface area (Å²) < 4.78 is 39.9. The maximum Gasteiger partial charge on any atom is 0.573 e. The second-order valence-electron chi connectivity index (χ2n) is 3.96. The van der Waals surface area contributed by atoms with Crippen molar-refractivity contribution in [3.8, 4) is 5.75 Å². The van der Waals surface area contributed by atoms with E-state index < -0.39 is 6.36 Å². The van der Waals surface area contributed by atoms with Crippen LogP contribution in [0.2, 0.25) is 0 Å². The van der Waals surface area contributed by atoms with Crippen LogP contribution in [0.1, 0.15) is 18.1 Å². The van der Waals surface area contributed by atoms with Gasteiger partial charge in [0.1, 0.15) is 5.75 Å². The van der Waals surface area contributed by atoms with E-state index in [-0.39, 0.29) is 5.75 Å². The van der Waals surface area contributed by atoms with Crippen LogP contribution in [0, 0.1) is 0 Å². The number of alkyl halides is 3. The Morgan fingerprint density at radius 1 is 1.31 bits per heavy atom. The molecule has 0 bridgehead atoms. The highest BCUT2D eigenvalue weighted by Gasteiger charge is 2.31. The van der Waals surface area contributed by atoms with Crippen molar-refractivity contribution in [3.05, 3.63) is 29.3 Å². The Kier molecular flexibility index (Phi) is 2.80. The molecule has 0 saturated carbocycles. The lowest BCUT2D eigenvalue weighted by atomic mass is 9.96. The van der Waals surface area contributed by atoms with Crippen LogP contribution in [0.5, 0.6) is 5.75 Å². The van der Waals surface area contributed by atoms with Gasteiger partial charge in [-0.15, -0.1) is 13.2 Å². The van der Waals surface area contributed by atoms with Gasteiger partial charge in [-0.3, -0.25) is 0 Å². The fraction of sp³-hybridized carbons (Fsp3) is 0.455. The Labute approximate surface area is 91.4 Å². The number of hydrogen-bond donors (Lipinski definition) is 1. The lowest BCUT2D eigenvalue weighted by molar-refractivity contribution is -0.274. The van der Waals surface area contributed by atoms with Gasteiger partial charge in [0.05, 0.1) is 0 Å². The normalized spacial score (nSPS) is 20.4. The van der Waals surface area contributed by atoms with Crippen LogP contribution in [-0.4, -0.2) is 12.4 Å². The van der Waals surface area contributed by atoms with E-state index in [9.17, 15) is 13.2 Å². The third-order valence-electron chi connectivity index (χ3n) is 2.58.